The molecule has 1 amide bonds. The third-order valence-electron chi connectivity index (χ3n) is 9.00. The van der Waals surface area contributed by atoms with E-state index in [0.29, 0.717) is 49.0 Å². The van der Waals surface area contributed by atoms with Gasteiger partial charge in [-0.05, 0) is 48.9 Å². The molecule has 8 nitrogen and oxygen atoms in total. The monoisotopic (exact) mass is 547 g/mol. The van der Waals surface area contributed by atoms with Gasteiger partial charge in [-0.3, -0.25) is 14.4 Å². The Morgan fingerprint density at radius 2 is 1.85 bits per heavy atom. The number of carbonyl (C=O) groups is 1. The molecular weight excluding hydrogens is 512 g/mol. The summed E-state index contributed by atoms with van der Waals surface area (Å²) in [5.41, 5.74) is 5.15. The van der Waals surface area contributed by atoms with Gasteiger partial charge in [-0.15, -0.1) is 0 Å². The van der Waals surface area contributed by atoms with Crippen molar-refractivity contribution in [3.63, 3.8) is 0 Å². The highest BCUT2D eigenvalue weighted by Gasteiger charge is 2.41. The van der Waals surface area contributed by atoms with E-state index in [1.54, 1.807) is 25.4 Å². The number of hydrogen-bond donors (Lipinski definition) is 0. The van der Waals surface area contributed by atoms with E-state index in [4.69, 9.17) is 5.10 Å². The van der Waals surface area contributed by atoms with E-state index in [2.05, 4.69) is 24.4 Å². The summed E-state index contributed by atoms with van der Waals surface area (Å²) < 4.78 is 31.2. The molecule has 7 rings (SSSR count). The van der Waals surface area contributed by atoms with Crippen LogP contribution < -0.4 is 4.90 Å². The molecule has 1 aliphatic carbocycles. The standard InChI is InChI=1S/C30H35F2N7O/c1-3-28-33-13-20(14-34-28)23-11-19-5-4-9-38(27(19)12-24(23)29(31)32)30-25-17-36(18(2)40)10-8-26(25)39(35-30)22-15-37(16-22)21-6-7-21/h11-14,21-22,29H,3-10,15-17H2,1-2H3. The number of benzene rings is 1. The Morgan fingerprint density at radius 3 is 2.52 bits per heavy atom. The summed E-state index contributed by atoms with van der Waals surface area (Å²) in [4.78, 5) is 27.6. The Hall–Kier alpha value is -3.40. The Morgan fingerprint density at radius 1 is 1.07 bits per heavy atom. The van der Waals surface area contributed by atoms with E-state index in [1.165, 1.54) is 18.5 Å². The minimum atomic E-state index is -2.64. The molecule has 0 N–H and O–H groups in total. The molecule has 10 heteroatoms. The number of aromatic nitrogens is 4. The van der Waals surface area contributed by atoms with E-state index in [-0.39, 0.29) is 11.5 Å². The van der Waals surface area contributed by atoms with Gasteiger partial charge in [0.15, 0.2) is 5.82 Å². The van der Waals surface area contributed by atoms with Gasteiger partial charge in [-0.2, -0.15) is 5.10 Å². The molecule has 5 heterocycles. The molecule has 1 saturated heterocycles. The zero-order chi connectivity index (χ0) is 27.5. The van der Waals surface area contributed by atoms with Crippen LogP contribution in [0.1, 0.15) is 73.8 Å². The van der Waals surface area contributed by atoms with E-state index >= 15 is 0 Å². The molecule has 1 aromatic carbocycles. The molecule has 40 heavy (non-hydrogen) atoms. The number of rotatable bonds is 6. The molecule has 2 fully saturated rings. The molecule has 3 aromatic rings. The number of carbonyl (C=O) groups excluding carboxylic acids is 1. The number of hydrogen-bond acceptors (Lipinski definition) is 6. The number of alkyl halides is 2. The zero-order valence-corrected chi connectivity index (χ0v) is 23.1. The van der Waals surface area contributed by atoms with Crippen LogP contribution in [0.2, 0.25) is 0 Å². The van der Waals surface area contributed by atoms with Gasteiger partial charge in [0, 0.05) is 92.5 Å². The summed E-state index contributed by atoms with van der Waals surface area (Å²) in [6.45, 7) is 7.47. The summed E-state index contributed by atoms with van der Waals surface area (Å²) >= 11 is 0. The van der Waals surface area contributed by atoms with Gasteiger partial charge in [0.1, 0.15) is 5.82 Å². The van der Waals surface area contributed by atoms with Crippen molar-refractivity contribution in [1.29, 1.82) is 0 Å². The van der Waals surface area contributed by atoms with Crippen LogP contribution in [-0.2, 0) is 30.6 Å². The van der Waals surface area contributed by atoms with Crippen LogP contribution in [0.5, 0.6) is 0 Å². The summed E-state index contributed by atoms with van der Waals surface area (Å²) in [6, 6.07) is 4.60. The largest absolute Gasteiger partial charge is 0.338 e. The molecule has 4 aliphatic rings. The van der Waals surface area contributed by atoms with Crippen LogP contribution in [0.3, 0.4) is 0 Å². The molecule has 0 spiro atoms. The highest BCUT2D eigenvalue weighted by Crippen LogP contribution is 2.44. The summed E-state index contributed by atoms with van der Waals surface area (Å²) in [7, 11) is 0. The normalized spacial score (nSPS) is 19.5. The van der Waals surface area contributed by atoms with Crippen molar-refractivity contribution in [3.05, 3.63) is 52.7 Å². The van der Waals surface area contributed by atoms with Crippen molar-refractivity contribution >= 4 is 17.4 Å². The quantitative estimate of drug-likeness (QED) is 0.440. The number of anilines is 2. The average Bonchev–Trinajstić information content (AvgIpc) is 3.71. The van der Waals surface area contributed by atoms with Crippen LogP contribution >= 0.6 is 0 Å². The lowest BCUT2D eigenvalue weighted by atomic mass is 9.92. The first-order chi connectivity index (χ1) is 19.4. The molecule has 0 unspecified atom stereocenters. The van der Waals surface area contributed by atoms with Crippen LogP contribution in [0.4, 0.5) is 20.3 Å². The molecule has 2 aromatic heterocycles. The van der Waals surface area contributed by atoms with Gasteiger partial charge < -0.3 is 9.80 Å². The lowest BCUT2D eigenvalue weighted by molar-refractivity contribution is -0.129. The van der Waals surface area contributed by atoms with Crippen molar-refractivity contribution in [2.24, 2.45) is 0 Å². The van der Waals surface area contributed by atoms with Crippen molar-refractivity contribution < 1.29 is 13.6 Å². The van der Waals surface area contributed by atoms with Crippen molar-refractivity contribution in [2.45, 2.75) is 77.4 Å². The smallest absolute Gasteiger partial charge is 0.264 e. The predicted octanol–water partition coefficient (Wildman–Crippen LogP) is 4.85. The number of amides is 1. The number of aryl methyl sites for hydroxylation is 2. The average molecular weight is 548 g/mol. The van der Waals surface area contributed by atoms with Crippen LogP contribution in [-0.4, -0.2) is 67.7 Å². The lowest BCUT2D eigenvalue weighted by Crippen LogP contribution is -2.49. The maximum atomic E-state index is 14.5. The summed E-state index contributed by atoms with van der Waals surface area (Å²) in [6.07, 6.45) is 6.39. The van der Waals surface area contributed by atoms with Crippen molar-refractivity contribution in [3.8, 4) is 11.1 Å². The number of halogens is 2. The van der Waals surface area contributed by atoms with Gasteiger partial charge in [-0.1, -0.05) is 6.92 Å². The highest BCUT2D eigenvalue weighted by atomic mass is 19.3. The SMILES string of the molecule is CCc1ncc(-c2cc3c(cc2C(F)F)N(c2nn(C4CN(C5CC5)C4)c4c2CN(C(C)=O)CC4)CCC3)cn1. The zero-order valence-electron chi connectivity index (χ0n) is 23.1. The third-order valence-corrected chi connectivity index (χ3v) is 9.00. The molecule has 3 aliphatic heterocycles. The predicted molar refractivity (Wildman–Crippen MR) is 148 cm³/mol. The molecule has 1 saturated carbocycles. The lowest BCUT2D eigenvalue weighted by Gasteiger charge is -2.40. The van der Waals surface area contributed by atoms with Gasteiger partial charge in [0.2, 0.25) is 5.91 Å². The van der Waals surface area contributed by atoms with Crippen LogP contribution in [0, 0.1) is 0 Å². The minimum absolute atomic E-state index is 0.0174. The Labute approximate surface area is 233 Å². The second kappa shape index (κ2) is 9.90. The maximum Gasteiger partial charge on any atom is 0.264 e. The van der Waals surface area contributed by atoms with Gasteiger partial charge in [-0.25, -0.2) is 18.7 Å². The van der Waals surface area contributed by atoms with Crippen molar-refractivity contribution in [1.82, 2.24) is 29.5 Å². The fourth-order valence-corrected chi connectivity index (χ4v) is 6.57. The number of nitrogens with zero attached hydrogens (tertiary/aromatic N) is 7. The number of fused-ring (bicyclic) bond motifs is 2. The van der Waals surface area contributed by atoms with Gasteiger partial charge >= 0.3 is 0 Å². The second-order valence-corrected chi connectivity index (χ2v) is 11.6. The van der Waals surface area contributed by atoms with Crippen LogP contribution in [0.25, 0.3) is 11.1 Å². The molecule has 0 atom stereocenters. The Kier molecular flexibility index (Phi) is 6.33. The maximum absolute atomic E-state index is 14.5. The summed E-state index contributed by atoms with van der Waals surface area (Å²) in [5, 5.41) is 5.19. The fourth-order valence-electron chi connectivity index (χ4n) is 6.57. The van der Waals surface area contributed by atoms with Crippen molar-refractivity contribution in [2.75, 3.05) is 31.1 Å². The molecule has 210 valence electrons. The number of likely N-dealkylation sites (tertiary alicyclic amines) is 1. The molecule has 0 radical (unpaired) electrons. The van der Waals surface area contributed by atoms with Gasteiger partial charge in [0.25, 0.3) is 6.43 Å². The van der Waals surface area contributed by atoms with E-state index in [0.717, 1.165) is 61.0 Å². The minimum Gasteiger partial charge on any atom is -0.338 e. The second-order valence-electron chi connectivity index (χ2n) is 11.6. The van der Waals surface area contributed by atoms with E-state index < -0.39 is 6.43 Å². The van der Waals surface area contributed by atoms with E-state index in [1.807, 2.05) is 17.9 Å². The first kappa shape index (κ1) is 25.6. The topological polar surface area (TPSA) is 70.4 Å². The third kappa shape index (κ3) is 4.36. The first-order valence-electron chi connectivity index (χ1n) is 14.5. The van der Waals surface area contributed by atoms with Crippen LogP contribution in [0.15, 0.2) is 24.5 Å². The molecule has 0 bridgehead atoms. The molecular formula is C30H35F2N7O. The summed E-state index contributed by atoms with van der Waals surface area (Å²) in [5.74, 6) is 1.56. The van der Waals surface area contributed by atoms with Gasteiger partial charge in [0.05, 0.1) is 12.6 Å². The Balaban J connectivity index is 1.29. The first-order valence-corrected chi connectivity index (χ1v) is 14.5. The van der Waals surface area contributed by atoms with E-state index in [9.17, 15) is 13.6 Å². The highest BCUT2D eigenvalue weighted by molar-refractivity contribution is 5.78. The fraction of sp³-hybridized carbons (Fsp3) is 0.533. The Bertz CT molecular complexity index is 1440.